The van der Waals surface area contributed by atoms with E-state index < -0.39 is 24.5 Å². The van der Waals surface area contributed by atoms with Crippen molar-refractivity contribution in [3.63, 3.8) is 0 Å². The van der Waals surface area contributed by atoms with Crippen molar-refractivity contribution in [2.45, 2.75) is 6.92 Å². The van der Waals surface area contributed by atoms with E-state index >= 15 is 0 Å². The smallest absolute Gasteiger partial charge is 0.338 e. The lowest BCUT2D eigenvalue weighted by atomic mass is 10.2. The van der Waals surface area contributed by atoms with Crippen LogP contribution in [0.4, 0.5) is 10.5 Å². The van der Waals surface area contributed by atoms with Crippen molar-refractivity contribution >= 4 is 23.6 Å². The first-order chi connectivity index (χ1) is 9.93. The van der Waals surface area contributed by atoms with Gasteiger partial charge in [-0.2, -0.15) is 0 Å². The zero-order chi connectivity index (χ0) is 15.8. The highest BCUT2D eigenvalue weighted by Crippen LogP contribution is 2.12. The minimum Gasteiger partial charge on any atom is -0.452 e. The predicted molar refractivity (Wildman–Crippen MR) is 78.3 cm³/mol. The molecule has 0 aliphatic heterocycles. The number of amides is 3. The van der Waals surface area contributed by atoms with Crippen molar-refractivity contribution in [2.24, 2.45) is 0 Å². The summed E-state index contributed by atoms with van der Waals surface area (Å²) >= 11 is 0. The van der Waals surface area contributed by atoms with Crippen LogP contribution in [0.5, 0.6) is 0 Å². The molecule has 3 amide bonds. The summed E-state index contributed by atoms with van der Waals surface area (Å²) < 4.78 is 4.82. The number of hydrogen-bond donors (Lipinski definition) is 2. The third kappa shape index (κ3) is 5.52. The van der Waals surface area contributed by atoms with Crippen LogP contribution in [0, 0.1) is 0 Å². The monoisotopic (exact) mass is 293 g/mol. The molecule has 1 aromatic carbocycles. The van der Waals surface area contributed by atoms with Crippen LogP contribution in [0.1, 0.15) is 17.3 Å². The first kappa shape index (κ1) is 16.5. The molecule has 21 heavy (non-hydrogen) atoms. The molecule has 0 heterocycles. The molecule has 0 bridgehead atoms. The molecule has 0 atom stereocenters. The number of esters is 1. The van der Waals surface area contributed by atoms with E-state index in [9.17, 15) is 14.4 Å². The summed E-state index contributed by atoms with van der Waals surface area (Å²) in [6, 6.07) is 6.14. The standard InChI is InChI=1S/C14H19N3O4/c1-4-15-14(20)16-12(18)9-21-13(19)10-5-7-11(8-6-10)17(2)3/h5-8H,4,9H2,1-3H3,(H2,15,16,18,20). The third-order valence-electron chi connectivity index (χ3n) is 2.54. The molecule has 0 saturated heterocycles. The van der Waals surface area contributed by atoms with Crippen molar-refractivity contribution in [2.75, 3.05) is 32.1 Å². The summed E-state index contributed by atoms with van der Waals surface area (Å²) in [6.07, 6.45) is 0. The quantitative estimate of drug-likeness (QED) is 0.782. The lowest BCUT2D eigenvalue weighted by Crippen LogP contribution is -2.41. The number of carbonyl (C=O) groups is 3. The zero-order valence-corrected chi connectivity index (χ0v) is 12.3. The minimum absolute atomic E-state index is 0.339. The number of anilines is 1. The van der Waals surface area contributed by atoms with Gasteiger partial charge in [-0.25, -0.2) is 9.59 Å². The first-order valence-electron chi connectivity index (χ1n) is 6.46. The molecule has 0 unspecified atom stereocenters. The first-order valence-corrected chi connectivity index (χ1v) is 6.46. The van der Waals surface area contributed by atoms with Gasteiger partial charge in [-0.1, -0.05) is 0 Å². The minimum atomic E-state index is -0.681. The van der Waals surface area contributed by atoms with Gasteiger partial charge >= 0.3 is 12.0 Å². The van der Waals surface area contributed by atoms with E-state index in [4.69, 9.17) is 4.74 Å². The number of carbonyl (C=O) groups excluding carboxylic acids is 3. The maximum atomic E-state index is 11.7. The van der Waals surface area contributed by atoms with Crippen molar-refractivity contribution < 1.29 is 19.1 Å². The second-order valence-electron chi connectivity index (χ2n) is 4.43. The Morgan fingerprint density at radius 2 is 1.76 bits per heavy atom. The van der Waals surface area contributed by atoms with Crippen molar-refractivity contribution in [3.05, 3.63) is 29.8 Å². The van der Waals surface area contributed by atoms with Gasteiger partial charge in [-0.05, 0) is 31.2 Å². The Bertz CT molecular complexity index is 511. The zero-order valence-electron chi connectivity index (χ0n) is 12.3. The van der Waals surface area contributed by atoms with E-state index in [-0.39, 0.29) is 0 Å². The normalized spacial score (nSPS) is 9.67. The topological polar surface area (TPSA) is 87.7 Å². The molecule has 0 saturated carbocycles. The van der Waals surface area contributed by atoms with Crippen molar-refractivity contribution in [1.29, 1.82) is 0 Å². The average molecular weight is 293 g/mol. The fourth-order valence-electron chi connectivity index (χ4n) is 1.48. The molecule has 1 rings (SSSR count). The van der Waals surface area contributed by atoms with Crippen LogP contribution in [-0.4, -0.2) is 45.2 Å². The van der Waals surface area contributed by atoms with E-state index in [0.29, 0.717) is 12.1 Å². The molecule has 0 aliphatic rings. The highest BCUT2D eigenvalue weighted by atomic mass is 16.5. The van der Waals surface area contributed by atoms with Crippen LogP contribution in [-0.2, 0) is 9.53 Å². The summed E-state index contributed by atoms with van der Waals surface area (Å²) in [5.74, 6) is -1.30. The van der Waals surface area contributed by atoms with E-state index in [1.165, 1.54) is 0 Å². The van der Waals surface area contributed by atoms with Crippen LogP contribution < -0.4 is 15.5 Å². The second-order valence-corrected chi connectivity index (χ2v) is 4.43. The van der Waals surface area contributed by atoms with Crippen LogP contribution in [0.25, 0.3) is 0 Å². The summed E-state index contributed by atoms with van der Waals surface area (Å²) in [5, 5.41) is 4.44. The lowest BCUT2D eigenvalue weighted by Gasteiger charge is -2.12. The lowest BCUT2D eigenvalue weighted by molar-refractivity contribution is -0.123. The molecule has 1 aromatic rings. The molecule has 0 aliphatic carbocycles. The van der Waals surface area contributed by atoms with Crippen LogP contribution in [0.2, 0.25) is 0 Å². The molecule has 0 spiro atoms. The molecular formula is C14H19N3O4. The Labute approximate surface area is 123 Å². The summed E-state index contributed by atoms with van der Waals surface area (Å²) in [4.78, 5) is 36.1. The number of urea groups is 1. The van der Waals surface area contributed by atoms with E-state index in [1.807, 2.05) is 24.3 Å². The highest BCUT2D eigenvalue weighted by molar-refractivity contribution is 5.97. The average Bonchev–Trinajstić information content (AvgIpc) is 2.45. The molecule has 2 N–H and O–H groups in total. The Balaban J connectivity index is 2.46. The summed E-state index contributed by atoms with van der Waals surface area (Å²) in [6.45, 7) is 1.62. The number of imide groups is 1. The predicted octanol–water partition coefficient (Wildman–Crippen LogP) is 0.755. The van der Waals surface area contributed by atoms with Gasteiger partial charge in [0, 0.05) is 26.3 Å². The molecule has 7 nitrogen and oxygen atoms in total. The maximum absolute atomic E-state index is 11.7. The number of hydrogen-bond acceptors (Lipinski definition) is 5. The highest BCUT2D eigenvalue weighted by Gasteiger charge is 2.12. The maximum Gasteiger partial charge on any atom is 0.338 e. The Morgan fingerprint density at radius 1 is 1.14 bits per heavy atom. The number of nitrogens with zero attached hydrogens (tertiary/aromatic N) is 1. The van der Waals surface area contributed by atoms with E-state index in [1.54, 1.807) is 31.2 Å². The Kier molecular flexibility index (Phi) is 6.19. The summed E-state index contributed by atoms with van der Waals surface area (Å²) in [7, 11) is 3.78. The molecule has 0 aromatic heterocycles. The van der Waals surface area contributed by atoms with Crippen LogP contribution in [0.15, 0.2) is 24.3 Å². The fourth-order valence-corrected chi connectivity index (χ4v) is 1.48. The van der Waals surface area contributed by atoms with Gasteiger partial charge in [-0.3, -0.25) is 10.1 Å². The molecule has 7 heteroatoms. The molecule has 0 radical (unpaired) electrons. The van der Waals surface area contributed by atoms with Gasteiger partial charge in [0.1, 0.15) is 0 Å². The van der Waals surface area contributed by atoms with E-state index in [2.05, 4.69) is 5.32 Å². The molecular weight excluding hydrogens is 274 g/mol. The van der Waals surface area contributed by atoms with E-state index in [0.717, 1.165) is 5.69 Å². The van der Waals surface area contributed by atoms with Gasteiger partial charge in [-0.15, -0.1) is 0 Å². The van der Waals surface area contributed by atoms with Crippen LogP contribution >= 0.6 is 0 Å². The van der Waals surface area contributed by atoms with Gasteiger partial charge in [0.2, 0.25) is 0 Å². The van der Waals surface area contributed by atoms with Gasteiger partial charge < -0.3 is 15.0 Å². The van der Waals surface area contributed by atoms with Gasteiger partial charge in [0.05, 0.1) is 5.56 Å². The largest absolute Gasteiger partial charge is 0.452 e. The number of benzene rings is 1. The van der Waals surface area contributed by atoms with Gasteiger partial charge in [0.25, 0.3) is 5.91 Å². The van der Waals surface area contributed by atoms with Crippen molar-refractivity contribution in [3.8, 4) is 0 Å². The molecule has 0 fully saturated rings. The Hall–Kier alpha value is -2.57. The third-order valence-corrected chi connectivity index (χ3v) is 2.54. The number of ether oxygens (including phenoxy) is 1. The number of nitrogens with one attached hydrogen (secondary N) is 2. The van der Waals surface area contributed by atoms with Gasteiger partial charge in [0.15, 0.2) is 6.61 Å². The fraction of sp³-hybridized carbons (Fsp3) is 0.357. The Morgan fingerprint density at radius 3 is 2.29 bits per heavy atom. The number of rotatable bonds is 5. The summed E-state index contributed by atoms with van der Waals surface area (Å²) in [5.41, 5.74) is 1.28. The SMILES string of the molecule is CCNC(=O)NC(=O)COC(=O)c1ccc(N(C)C)cc1. The second kappa shape index (κ2) is 7.88. The van der Waals surface area contributed by atoms with Crippen molar-refractivity contribution in [1.82, 2.24) is 10.6 Å². The molecule has 114 valence electrons. The van der Waals surface area contributed by atoms with Crippen LogP contribution in [0.3, 0.4) is 0 Å².